The Hall–Kier alpha value is -2.17. The predicted octanol–water partition coefficient (Wildman–Crippen LogP) is 2.52. The van der Waals surface area contributed by atoms with E-state index < -0.39 is 4.92 Å². The molecule has 0 spiro atoms. The summed E-state index contributed by atoms with van der Waals surface area (Å²) < 4.78 is 0. The van der Waals surface area contributed by atoms with Crippen LogP contribution < -0.4 is 5.32 Å². The van der Waals surface area contributed by atoms with Crippen molar-refractivity contribution in [1.82, 2.24) is 5.32 Å². The predicted molar refractivity (Wildman–Crippen MR) is 70.0 cm³/mol. The number of nitrogens with zero attached hydrogens (tertiary/aromatic N) is 1. The molecule has 1 N–H and O–H groups in total. The van der Waals surface area contributed by atoms with Crippen LogP contribution in [0.25, 0.3) is 6.08 Å². The van der Waals surface area contributed by atoms with Crippen molar-refractivity contribution in [2.24, 2.45) is 0 Å². The number of amides is 1. The van der Waals surface area contributed by atoms with Crippen molar-refractivity contribution >= 4 is 17.7 Å². The van der Waals surface area contributed by atoms with E-state index in [4.69, 9.17) is 0 Å². The maximum atomic E-state index is 11.5. The van der Waals surface area contributed by atoms with Gasteiger partial charge in [0.15, 0.2) is 0 Å². The molecule has 0 bridgehead atoms. The van der Waals surface area contributed by atoms with Crippen LogP contribution in [0.1, 0.15) is 25.8 Å². The van der Waals surface area contributed by atoms with Crippen molar-refractivity contribution in [3.05, 3.63) is 46.0 Å². The van der Waals surface area contributed by atoms with E-state index in [-0.39, 0.29) is 17.6 Å². The molecule has 18 heavy (non-hydrogen) atoms. The van der Waals surface area contributed by atoms with Crippen molar-refractivity contribution in [3.8, 4) is 0 Å². The number of nitrogens with one attached hydrogen (secondary N) is 1. The van der Waals surface area contributed by atoms with E-state index in [1.54, 1.807) is 18.2 Å². The fourth-order valence-corrected chi connectivity index (χ4v) is 1.27. The fraction of sp³-hybridized carbons (Fsp3) is 0.308. The maximum Gasteiger partial charge on any atom is 0.269 e. The number of non-ortho nitro benzene ring substituents is 1. The van der Waals surface area contributed by atoms with Crippen LogP contribution in [0.3, 0.4) is 0 Å². The van der Waals surface area contributed by atoms with Gasteiger partial charge in [-0.2, -0.15) is 0 Å². The van der Waals surface area contributed by atoms with Crippen molar-refractivity contribution in [2.45, 2.75) is 26.3 Å². The number of hydrogen-bond donors (Lipinski definition) is 1. The molecule has 1 aromatic rings. The Morgan fingerprint density at radius 3 is 2.56 bits per heavy atom. The molecule has 5 nitrogen and oxygen atoms in total. The van der Waals surface area contributed by atoms with Gasteiger partial charge in [0.05, 0.1) is 4.92 Å². The quantitative estimate of drug-likeness (QED) is 0.494. The van der Waals surface area contributed by atoms with Crippen molar-refractivity contribution in [1.29, 1.82) is 0 Å². The van der Waals surface area contributed by atoms with Crippen LogP contribution in [0.15, 0.2) is 30.3 Å². The number of carbonyl (C=O) groups is 1. The molecule has 1 rings (SSSR count). The Balaban J connectivity index is 2.61. The summed E-state index contributed by atoms with van der Waals surface area (Å²) in [6, 6.07) is 6.16. The van der Waals surface area contributed by atoms with Crippen LogP contribution in [0.4, 0.5) is 5.69 Å². The van der Waals surface area contributed by atoms with E-state index in [1.807, 2.05) is 13.8 Å². The highest BCUT2D eigenvalue weighted by Gasteiger charge is 2.03. The maximum absolute atomic E-state index is 11.5. The number of rotatable bonds is 5. The largest absolute Gasteiger partial charge is 0.350 e. The van der Waals surface area contributed by atoms with Gasteiger partial charge < -0.3 is 5.32 Å². The van der Waals surface area contributed by atoms with Gasteiger partial charge in [0.1, 0.15) is 0 Å². The van der Waals surface area contributed by atoms with E-state index in [2.05, 4.69) is 5.32 Å². The zero-order valence-corrected chi connectivity index (χ0v) is 10.4. The molecule has 0 fully saturated rings. The molecular weight excluding hydrogens is 232 g/mol. The molecule has 1 aromatic carbocycles. The van der Waals surface area contributed by atoms with Gasteiger partial charge in [-0.15, -0.1) is 0 Å². The second kappa shape index (κ2) is 6.54. The van der Waals surface area contributed by atoms with Gasteiger partial charge in [-0.3, -0.25) is 14.9 Å². The first-order chi connectivity index (χ1) is 8.52. The molecule has 0 saturated carbocycles. The van der Waals surface area contributed by atoms with Crippen LogP contribution in [0.5, 0.6) is 0 Å². The molecule has 0 aliphatic rings. The lowest BCUT2D eigenvalue weighted by atomic mass is 10.2. The van der Waals surface area contributed by atoms with E-state index >= 15 is 0 Å². The number of nitro groups is 1. The first-order valence-corrected chi connectivity index (χ1v) is 5.76. The average molecular weight is 248 g/mol. The standard InChI is InChI=1S/C13H16N2O3/c1-3-10(2)14-13(16)9-6-11-4-7-12(8-5-11)15(17)18/h4-10H,3H2,1-2H3,(H,14,16). The third kappa shape index (κ3) is 4.37. The molecule has 96 valence electrons. The summed E-state index contributed by atoms with van der Waals surface area (Å²) in [7, 11) is 0. The topological polar surface area (TPSA) is 72.2 Å². The summed E-state index contributed by atoms with van der Waals surface area (Å²) in [6.07, 6.45) is 3.92. The minimum Gasteiger partial charge on any atom is -0.350 e. The lowest BCUT2D eigenvalue weighted by Gasteiger charge is -2.08. The molecule has 0 aliphatic carbocycles. The fourth-order valence-electron chi connectivity index (χ4n) is 1.27. The molecule has 0 aliphatic heterocycles. The molecule has 0 heterocycles. The Morgan fingerprint density at radius 1 is 1.44 bits per heavy atom. The van der Waals surface area contributed by atoms with Gasteiger partial charge in [0.25, 0.3) is 5.69 Å². The molecular formula is C13H16N2O3. The van der Waals surface area contributed by atoms with Crippen molar-refractivity contribution < 1.29 is 9.72 Å². The molecule has 1 atom stereocenters. The monoisotopic (exact) mass is 248 g/mol. The summed E-state index contributed by atoms with van der Waals surface area (Å²) in [6.45, 7) is 3.92. The van der Waals surface area contributed by atoms with Gasteiger partial charge in [-0.05, 0) is 37.1 Å². The summed E-state index contributed by atoms with van der Waals surface area (Å²) in [5, 5.41) is 13.3. The third-order valence-corrected chi connectivity index (χ3v) is 2.53. The number of carbonyl (C=O) groups excluding carboxylic acids is 1. The third-order valence-electron chi connectivity index (χ3n) is 2.53. The smallest absolute Gasteiger partial charge is 0.269 e. The summed E-state index contributed by atoms with van der Waals surface area (Å²) in [4.78, 5) is 21.5. The van der Waals surface area contributed by atoms with Gasteiger partial charge in [-0.1, -0.05) is 6.92 Å². The first kappa shape index (κ1) is 13.9. The van der Waals surface area contributed by atoms with Crippen molar-refractivity contribution in [3.63, 3.8) is 0 Å². The molecule has 5 heteroatoms. The highest BCUT2D eigenvalue weighted by Crippen LogP contribution is 2.12. The Kier molecular flexibility index (Phi) is 5.05. The van der Waals surface area contributed by atoms with E-state index in [0.717, 1.165) is 12.0 Å². The Bertz CT molecular complexity index is 452. The number of benzene rings is 1. The molecule has 0 aromatic heterocycles. The highest BCUT2D eigenvalue weighted by molar-refractivity contribution is 5.91. The van der Waals surface area contributed by atoms with Crippen LogP contribution in [0, 0.1) is 10.1 Å². The van der Waals surface area contributed by atoms with Crippen LogP contribution in [-0.4, -0.2) is 16.9 Å². The lowest BCUT2D eigenvalue weighted by Crippen LogP contribution is -2.30. The summed E-state index contributed by atoms with van der Waals surface area (Å²) >= 11 is 0. The minimum absolute atomic E-state index is 0.0382. The van der Waals surface area contributed by atoms with E-state index in [9.17, 15) is 14.9 Å². The molecule has 0 radical (unpaired) electrons. The molecule has 1 amide bonds. The summed E-state index contributed by atoms with van der Waals surface area (Å²) in [5.74, 6) is -0.164. The van der Waals surface area contributed by atoms with Crippen LogP contribution >= 0.6 is 0 Å². The number of nitro benzene ring substituents is 1. The molecule has 0 saturated heterocycles. The van der Waals surface area contributed by atoms with Crippen molar-refractivity contribution in [2.75, 3.05) is 0 Å². The highest BCUT2D eigenvalue weighted by atomic mass is 16.6. The summed E-state index contributed by atoms with van der Waals surface area (Å²) in [5.41, 5.74) is 0.788. The average Bonchev–Trinajstić information content (AvgIpc) is 2.36. The minimum atomic E-state index is -0.455. The van der Waals surface area contributed by atoms with Gasteiger partial charge in [0.2, 0.25) is 5.91 Å². The van der Waals surface area contributed by atoms with Gasteiger partial charge in [-0.25, -0.2) is 0 Å². The second-order valence-corrected chi connectivity index (χ2v) is 4.00. The zero-order valence-electron chi connectivity index (χ0n) is 10.4. The van der Waals surface area contributed by atoms with E-state index in [0.29, 0.717) is 0 Å². The lowest BCUT2D eigenvalue weighted by molar-refractivity contribution is -0.384. The van der Waals surface area contributed by atoms with Gasteiger partial charge >= 0.3 is 0 Å². The SMILES string of the molecule is CCC(C)NC(=O)C=Cc1ccc([N+](=O)[O-])cc1. The Labute approximate surface area is 106 Å². The zero-order chi connectivity index (χ0) is 13.5. The van der Waals surface area contributed by atoms with Crippen LogP contribution in [0.2, 0.25) is 0 Å². The number of hydrogen-bond acceptors (Lipinski definition) is 3. The van der Waals surface area contributed by atoms with E-state index in [1.165, 1.54) is 18.2 Å². The van der Waals surface area contributed by atoms with Crippen LogP contribution in [-0.2, 0) is 4.79 Å². The van der Waals surface area contributed by atoms with Gasteiger partial charge in [0, 0.05) is 24.3 Å². The Morgan fingerprint density at radius 2 is 2.06 bits per heavy atom. The molecule has 1 unspecified atom stereocenters. The first-order valence-electron chi connectivity index (χ1n) is 5.76. The normalized spacial score (nSPS) is 12.3. The second-order valence-electron chi connectivity index (χ2n) is 4.00.